The number of hydrogen-bond donors (Lipinski definition) is 2. The second-order valence-corrected chi connectivity index (χ2v) is 8.18. The zero-order valence-corrected chi connectivity index (χ0v) is 15.1. The fourth-order valence-electron chi connectivity index (χ4n) is 2.37. The van der Waals surface area contributed by atoms with Gasteiger partial charge in [0.2, 0.25) is 0 Å². The molecule has 0 amide bonds. The van der Waals surface area contributed by atoms with Gasteiger partial charge in [-0.25, -0.2) is 17.9 Å². The van der Waals surface area contributed by atoms with Crippen molar-refractivity contribution >= 4 is 33.0 Å². The summed E-state index contributed by atoms with van der Waals surface area (Å²) in [6.45, 7) is 3.48. The van der Waals surface area contributed by atoms with Crippen molar-refractivity contribution in [3.63, 3.8) is 0 Å². The van der Waals surface area contributed by atoms with E-state index in [1.54, 1.807) is 18.5 Å². The largest absolute Gasteiger partial charge is 0.478 e. The lowest BCUT2D eigenvalue weighted by atomic mass is 10.3. The van der Waals surface area contributed by atoms with E-state index in [9.17, 15) is 13.2 Å². The standard InChI is InChI=1S/C16H15N3O4S2/c1-10-15(11(2)19(17-10)13-6-4-3-5-7-13)18-25(22,23)14-8-12(9-24-14)16(20)21/h3-9,18H,1-2H3,(H,20,21). The van der Waals surface area contributed by atoms with Crippen LogP contribution >= 0.6 is 11.3 Å². The molecular weight excluding hydrogens is 362 g/mol. The molecule has 0 atom stereocenters. The summed E-state index contributed by atoms with van der Waals surface area (Å²) >= 11 is 0.860. The highest BCUT2D eigenvalue weighted by molar-refractivity contribution is 7.94. The van der Waals surface area contributed by atoms with Crippen LogP contribution in [-0.4, -0.2) is 29.3 Å². The molecular formula is C16H15N3O4S2. The van der Waals surface area contributed by atoms with E-state index in [0.717, 1.165) is 23.1 Å². The van der Waals surface area contributed by atoms with Crippen LogP contribution in [0.2, 0.25) is 0 Å². The number of aromatic carboxylic acids is 1. The van der Waals surface area contributed by atoms with Crippen LogP contribution in [-0.2, 0) is 10.0 Å². The number of nitrogens with zero attached hydrogens (tertiary/aromatic N) is 2. The Morgan fingerprint density at radius 2 is 1.92 bits per heavy atom. The van der Waals surface area contributed by atoms with Gasteiger partial charge < -0.3 is 5.11 Å². The van der Waals surface area contributed by atoms with E-state index in [1.165, 1.54) is 5.38 Å². The molecule has 0 fully saturated rings. The minimum Gasteiger partial charge on any atom is -0.478 e. The van der Waals surface area contributed by atoms with Crippen molar-refractivity contribution < 1.29 is 18.3 Å². The number of rotatable bonds is 5. The van der Waals surface area contributed by atoms with E-state index >= 15 is 0 Å². The number of nitrogens with one attached hydrogen (secondary N) is 1. The molecule has 2 aromatic heterocycles. The van der Waals surface area contributed by atoms with Gasteiger partial charge in [0.15, 0.2) is 0 Å². The molecule has 0 aliphatic rings. The zero-order valence-electron chi connectivity index (χ0n) is 13.4. The fourth-order valence-corrected chi connectivity index (χ4v) is 4.70. The average molecular weight is 377 g/mol. The summed E-state index contributed by atoms with van der Waals surface area (Å²) in [4.78, 5) is 10.9. The molecule has 7 nitrogen and oxygen atoms in total. The van der Waals surface area contributed by atoms with Gasteiger partial charge in [0.25, 0.3) is 10.0 Å². The Labute approximate surface area is 148 Å². The van der Waals surface area contributed by atoms with Crippen molar-refractivity contribution in [1.29, 1.82) is 0 Å². The Kier molecular flexibility index (Phi) is 4.36. The van der Waals surface area contributed by atoms with Gasteiger partial charge in [-0.2, -0.15) is 5.10 Å². The predicted molar refractivity (Wildman–Crippen MR) is 95.1 cm³/mol. The SMILES string of the molecule is Cc1nn(-c2ccccc2)c(C)c1NS(=O)(=O)c1cc(C(=O)O)cs1. The van der Waals surface area contributed by atoms with E-state index in [4.69, 9.17) is 5.11 Å². The molecule has 0 aliphatic heterocycles. The molecule has 0 unspecified atom stereocenters. The summed E-state index contributed by atoms with van der Waals surface area (Å²) in [6.07, 6.45) is 0. The Morgan fingerprint density at radius 3 is 2.52 bits per heavy atom. The number of benzene rings is 1. The number of carbonyl (C=O) groups is 1. The summed E-state index contributed by atoms with van der Waals surface area (Å²) in [7, 11) is -3.89. The number of carboxylic acid groups (broad SMARTS) is 1. The van der Waals surface area contributed by atoms with Gasteiger partial charge in [-0.1, -0.05) is 18.2 Å². The Hall–Kier alpha value is -2.65. The van der Waals surface area contributed by atoms with Crippen molar-refractivity contribution in [3.05, 3.63) is 58.7 Å². The van der Waals surface area contributed by atoms with Gasteiger partial charge in [0.05, 0.1) is 28.3 Å². The third-order valence-electron chi connectivity index (χ3n) is 3.62. The van der Waals surface area contributed by atoms with Crippen LogP contribution < -0.4 is 4.72 Å². The zero-order chi connectivity index (χ0) is 18.2. The number of aromatic nitrogens is 2. The van der Waals surface area contributed by atoms with E-state index in [2.05, 4.69) is 9.82 Å². The fraction of sp³-hybridized carbons (Fsp3) is 0.125. The first-order chi connectivity index (χ1) is 11.8. The Bertz CT molecular complexity index is 1040. The number of aryl methyl sites for hydroxylation is 1. The molecule has 0 aliphatic carbocycles. The van der Waals surface area contributed by atoms with Crippen molar-refractivity contribution in [2.24, 2.45) is 0 Å². The van der Waals surface area contributed by atoms with Crippen LogP contribution in [0.15, 0.2) is 46.0 Å². The van der Waals surface area contributed by atoms with Crippen LogP contribution in [0.5, 0.6) is 0 Å². The van der Waals surface area contributed by atoms with Crippen LogP contribution in [0.25, 0.3) is 5.69 Å². The van der Waals surface area contributed by atoms with Crippen LogP contribution in [0.1, 0.15) is 21.7 Å². The smallest absolute Gasteiger partial charge is 0.336 e. The van der Waals surface area contributed by atoms with Crippen molar-refractivity contribution in [1.82, 2.24) is 9.78 Å². The molecule has 130 valence electrons. The first kappa shape index (κ1) is 17.2. The molecule has 1 aromatic carbocycles. The lowest BCUT2D eigenvalue weighted by molar-refractivity contribution is 0.0697. The van der Waals surface area contributed by atoms with Gasteiger partial charge in [-0.05, 0) is 32.0 Å². The summed E-state index contributed by atoms with van der Waals surface area (Å²) in [5.41, 5.74) is 2.31. The number of hydrogen-bond acceptors (Lipinski definition) is 5. The second kappa shape index (κ2) is 6.34. The molecule has 25 heavy (non-hydrogen) atoms. The highest BCUT2D eigenvalue weighted by Gasteiger charge is 2.23. The monoisotopic (exact) mass is 377 g/mol. The Balaban J connectivity index is 1.97. The normalized spacial score (nSPS) is 11.4. The highest BCUT2D eigenvalue weighted by Crippen LogP contribution is 2.28. The molecule has 3 rings (SSSR count). The summed E-state index contributed by atoms with van der Waals surface area (Å²) in [6, 6.07) is 10.5. The van der Waals surface area contributed by atoms with E-state index in [1.807, 2.05) is 30.3 Å². The maximum absolute atomic E-state index is 12.6. The molecule has 0 saturated carbocycles. The van der Waals surface area contributed by atoms with Crippen molar-refractivity contribution in [3.8, 4) is 5.69 Å². The number of carboxylic acids is 1. The van der Waals surface area contributed by atoms with Crippen molar-refractivity contribution in [2.45, 2.75) is 18.1 Å². The summed E-state index contributed by atoms with van der Waals surface area (Å²) in [5, 5.41) is 14.6. The molecule has 0 saturated heterocycles. The number of thiophene rings is 1. The maximum atomic E-state index is 12.6. The lowest BCUT2D eigenvalue weighted by Crippen LogP contribution is -2.13. The number of para-hydroxylation sites is 1. The minimum absolute atomic E-state index is 0.0567. The minimum atomic E-state index is -3.89. The lowest BCUT2D eigenvalue weighted by Gasteiger charge is -2.07. The molecule has 9 heteroatoms. The molecule has 0 radical (unpaired) electrons. The molecule has 0 bridgehead atoms. The third kappa shape index (κ3) is 3.28. The van der Waals surface area contributed by atoms with Gasteiger partial charge in [-0.15, -0.1) is 11.3 Å². The number of anilines is 1. The summed E-state index contributed by atoms with van der Waals surface area (Å²) < 4.78 is 29.2. The first-order valence-electron chi connectivity index (χ1n) is 7.26. The molecule has 3 aromatic rings. The third-order valence-corrected chi connectivity index (χ3v) is 6.40. The van der Waals surface area contributed by atoms with Crippen LogP contribution in [0, 0.1) is 13.8 Å². The second-order valence-electron chi connectivity index (χ2n) is 5.36. The van der Waals surface area contributed by atoms with Gasteiger partial charge in [0.1, 0.15) is 4.21 Å². The average Bonchev–Trinajstić information content (AvgIpc) is 3.17. The highest BCUT2D eigenvalue weighted by atomic mass is 32.2. The van der Waals surface area contributed by atoms with Gasteiger partial charge >= 0.3 is 5.97 Å². The van der Waals surface area contributed by atoms with Crippen LogP contribution in [0.3, 0.4) is 0 Å². The van der Waals surface area contributed by atoms with Crippen molar-refractivity contribution in [2.75, 3.05) is 4.72 Å². The quantitative estimate of drug-likeness (QED) is 0.712. The molecule has 2 heterocycles. The Morgan fingerprint density at radius 1 is 1.24 bits per heavy atom. The van der Waals surface area contributed by atoms with E-state index in [-0.39, 0.29) is 9.77 Å². The molecule has 0 spiro atoms. The van der Waals surface area contributed by atoms with Gasteiger partial charge in [-0.3, -0.25) is 4.72 Å². The van der Waals surface area contributed by atoms with E-state index < -0.39 is 16.0 Å². The molecule has 2 N–H and O–H groups in total. The van der Waals surface area contributed by atoms with Crippen LogP contribution in [0.4, 0.5) is 5.69 Å². The van der Waals surface area contributed by atoms with E-state index in [0.29, 0.717) is 17.1 Å². The first-order valence-corrected chi connectivity index (χ1v) is 9.62. The summed E-state index contributed by atoms with van der Waals surface area (Å²) in [5.74, 6) is -1.16. The number of sulfonamides is 1. The predicted octanol–water partition coefficient (Wildman–Crippen LogP) is 3.05. The maximum Gasteiger partial charge on any atom is 0.336 e. The topological polar surface area (TPSA) is 101 Å². The van der Waals surface area contributed by atoms with Gasteiger partial charge in [0, 0.05) is 5.38 Å².